The van der Waals surface area contributed by atoms with E-state index in [0.717, 1.165) is 28.3 Å². The molecule has 1 N–H and O–H groups in total. The van der Waals surface area contributed by atoms with E-state index in [1.807, 2.05) is 49.0 Å². The van der Waals surface area contributed by atoms with Gasteiger partial charge in [-0.2, -0.15) is 0 Å². The molecule has 1 unspecified atom stereocenters. The van der Waals surface area contributed by atoms with Gasteiger partial charge in [-0.15, -0.1) is 0 Å². The summed E-state index contributed by atoms with van der Waals surface area (Å²) in [5.41, 5.74) is 1.32. The SMILES string of the molecule is C.CC(C)n1c(C(C)(O)C2CC2)nc2c(F)cc(Br)cc21.CC(C)n1cnc2c(F)cc(Br)cc21. The van der Waals surface area contributed by atoms with Crippen molar-refractivity contribution in [1.82, 2.24) is 19.1 Å². The topological polar surface area (TPSA) is 55.9 Å². The Bertz CT molecular complexity index is 1360. The number of halogens is 4. The van der Waals surface area contributed by atoms with E-state index < -0.39 is 5.60 Å². The number of aliphatic hydroxyl groups is 1. The highest BCUT2D eigenvalue weighted by Crippen LogP contribution is 2.46. The third-order valence-electron chi connectivity index (χ3n) is 6.21. The summed E-state index contributed by atoms with van der Waals surface area (Å²) in [5, 5.41) is 10.8. The normalized spacial score (nSPS) is 15.3. The molecule has 0 radical (unpaired) electrons. The maximum atomic E-state index is 14.1. The number of fused-ring (bicyclic) bond motifs is 2. The van der Waals surface area contributed by atoms with Gasteiger partial charge in [-0.1, -0.05) is 39.3 Å². The molecule has 4 aromatic rings. The Kier molecular flexibility index (Phi) is 8.13. The van der Waals surface area contributed by atoms with Crippen LogP contribution >= 0.6 is 31.9 Å². The summed E-state index contributed by atoms with van der Waals surface area (Å²) in [7, 11) is 0. The third-order valence-corrected chi connectivity index (χ3v) is 7.12. The van der Waals surface area contributed by atoms with Gasteiger partial charge in [0, 0.05) is 21.0 Å². The second kappa shape index (κ2) is 10.3. The molecule has 190 valence electrons. The number of aromatic nitrogens is 4. The van der Waals surface area contributed by atoms with Crippen molar-refractivity contribution in [2.75, 3.05) is 0 Å². The van der Waals surface area contributed by atoms with E-state index in [1.165, 1.54) is 12.1 Å². The van der Waals surface area contributed by atoms with Crippen LogP contribution in [0.15, 0.2) is 39.5 Å². The second-order valence-corrected chi connectivity index (χ2v) is 11.4. The predicted octanol–water partition coefficient (Wildman–Crippen LogP) is 8.29. The molecule has 0 aliphatic heterocycles. The van der Waals surface area contributed by atoms with E-state index in [0.29, 0.717) is 21.3 Å². The number of rotatable bonds is 4. The average molecular weight is 614 g/mol. The first-order valence-electron chi connectivity index (χ1n) is 11.3. The van der Waals surface area contributed by atoms with Crippen LogP contribution in [-0.4, -0.2) is 24.2 Å². The van der Waals surface area contributed by atoms with Gasteiger partial charge in [0.15, 0.2) is 11.6 Å². The van der Waals surface area contributed by atoms with Crippen LogP contribution in [0.2, 0.25) is 0 Å². The Morgan fingerprint density at radius 2 is 1.49 bits per heavy atom. The lowest BCUT2D eigenvalue weighted by molar-refractivity contribution is 0.0200. The highest BCUT2D eigenvalue weighted by atomic mass is 79.9. The Morgan fingerprint density at radius 1 is 0.943 bits per heavy atom. The highest BCUT2D eigenvalue weighted by molar-refractivity contribution is 9.10. The Morgan fingerprint density at radius 3 is 2.00 bits per heavy atom. The quantitative estimate of drug-likeness (QED) is 0.252. The number of nitrogens with zero attached hydrogens (tertiary/aromatic N) is 4. The zero-order valence-corrected chi connectivity index (χ0v) is 23.0. The lowest BCUT2D eigenvalue weighted by Gasteiger charge is -2.25. The number of hydrogen-bond donors (Lipinski definition) is 1. The van der Waals surface area contributed by atoms with Crippen LogP contribution in [-0.2, 0) is 5.60 Å². The van der Waals surface area contributed by atoms with E-state index in [1.54, 1.807) is 13.3 Å². The number of hydrogen-bond acceptors (Lipinski definition) is 3. The minimum atomic E-state index is -0.998. The average Bonchev–Trinajstić information content (AvgIpc) is 3.38. The van der Waals surface area contributed by atoms with Crippen molar-refractivity contribution in [2.24, 2.45) is 5.92 Å². The molecule has 2 heterocycles. The smallest absolute Gasteiger partial charge is 0.152 e. The van der Waals surface area contributed by atoms with E-state index >= 15 is 0 Å². The lowest BCUT2D eigenvalue weighted by Crippen LogP contribution is -2.29. The first kappa shape index (κ1) is 27.7. The highest BCUT2D eigenvalue weighted by Gasteiger charge is 2.45. The third kappa shape index (κ3) is 5.32. The molecule has 35 heavy (non-hydrogen) atoms. The van der Waals surface area contributed by atoms with Crippen molar-refractivity contribution in [3.63, 3.8) is 0 Å². The summed E-state index contributed by atoms with van der Waals surface area (Å²) < 4.78 is 32.9. The van der Waals surface area contributed by atoms with Gasteiger partial charge in [-0.05, 0) is 77.6 Å². The van der Waals surface area contributed by atoms with Gasteiger partial charge in [0.2, 0.25) is 0 Å². The molecule has 0 bridgehead atoms. The summed E-state index contributed by atoms with van der Waals surface area (Å²) >= 11 is 6.59. The van der Waals surface area contributed by atoms with Crippen molar-refractivity contribution in [1.29, 1.82) is 0 Å². The van der Waals surface area contributed by atoms with Crippen molar-refractivity contribution in [3.8, 4) is 0 Å². The number of benzene rings is 2. The molecule has 5 nitrogen and oxygen atoms in total. The van der Waals surface area contributed by atoms with Gasteiger partial charge < -0.3 is 14.2 Å². The van der Waals surface area contributed by atoms with E-state index in [9.17, 15) is 13.9 Å². The fourth-order valence-electron chi connectivity index (χ4n) is 4.30. The summed E-state index contributed by atoms with van der Waals surface area (Å²) in [5.74, 6) is 0.153. The Hall–Kier alpha value is -1.84. The molecule has 1 saturated carbocycles. The first-order valence-corrected chi connectivity index (χ1v) is 12.9. The molecule has 1 atom stereocenters. The zero-order valence-electron chi connectivity index (χ0n) is 19.8. The fraction of sp³-hybridized carbons (Fsp3) is 0.462. The van der Waals surface area contributed by atoms with Crippen LogP contribution in [0.3, 0.4) is 0 Å². The van der Waals surface area contributed by atoms with Crippen molar-refractivity contribution in [2.45, 2.75) is 72.6 Å². The van der Waals surface area contributed by atoms with Crippen LogP contribution in [0.1, 0.15) is 72.8 Å². The van der Waals surface area contributed by atoms with Crippen LogP contribution in [0.4, 0.5) is 8.78 Å². The van der Waals surface area contributed by atoms with Crippen molar-refractivity contribution in [3.05, 3.63) is 57.0 Å². The molecule has 0 spiro atoms. The van der Waals surface area contributed by atoms with E-state index in [-0.39, 0.29) is 37.1 Å². The maximum Gasteiger partial charge on any atom is 0.152 e. The summed E-state index contributed by atoms with van der Waals surface area (Å²) in [6, 6.07) is 6.97. The maximum absolute atomic E-state index is 14.1. The van der Waals surface area contributed by atoms with Gasteiger partial charge >= 0.3 is 0 Å². The zero-order chi connectivity index (χ0) is 24.9. The molecule has 1 aliphatic carbocycles. The van der Waals surface area contributed by atoms with Gasteiger partial charge in [0.05, 0.1) is 17.4 Å². The minimum Gasteiger partial charge on any atom is -0.382 e. The van der Waals surface area contributed by atoms with Crippen molar-refractivity contribution >= 4 is 53.9 Å². The van der Waals surface area contributed by atoms with Crippen LogP contribution in [0, 0.1) is 17.6 Å². The molecule has 2 aromatic carbocycles. The largest absolute Gasteiger partial charge is 0.382 e. The van der Waals surface area contributed by atoms with Gasteiger partial charge in [0.1, 0.15) is 22.5 Å². The van der Waals surface area contributed by atoms with Gasteiger partial charge in [0.25, 0.3) is 0 Å². The molecule has 0 amide bonds. The van der Waals surface area contributed by atoms with Crippen LogP contribution in [0.5, 0.6) is 0 Å². The molecule has 9 heteroatoms. The van der Waals surface area contributed by atoms with Gasteiger partial charge in [-0.3, -0.25) is 0 Å². The minimum absolute atomic E-state index is 0. The van der Waals surface area contributed by atoms with Crippen LogP contribution in [0.25, 0.3) is 22.1 Å². The predicted molar refractivity (Wildman–Crippen MR) is 145 cm³/mol. The second-order valence-electron chi connectivity index (χ2n) is 9.58. The fourth-order valence-corrected chi connectivity index (χ4v) is 5.13. The molecule has 0 saturated heterocycles. The molecular formula is C26H32Br2F2N4O. The molecule has 2 aromatic heterocycles. The molecule has 1 aliphatic rings. The molecule has 5 rings (SSSR count). The lowest BCUT2D eigenvalue weighted by atomic mass is 9.99. The monoisotopic (exact) mass is 612 g/mol. The number of imidazole rings is 2. The first-order chi connectivity index (χ1) is 15.9. The molecular weight excluding hydrogens is 582 g/mol. The summed E-state index contributed by atoms with van der Waals surface area (Å²) in [4.78, 5) is 8.47. The summed E-state index contributed by atoms with van der Waals surface area (Å²) in [6.45, 7) is 9.91. The Labute approximate surface area is 221 Å². The Balaban J connectivity index is 0.000000202. The summed E-state index contributed by atoms with van der Waals surface area (Å²) in [6.07, 6.45) is 3.67. The van der Waals surface area contributed by atoms with Gasteiger partial charge in [-0.25, -0.2) is 18.7 Å². The van der Waals surface area contributed by atoms with Crippen molar-refractivity contribution < 1.29 is 13.9 Å². The van der Waals surface area contributed by atoms with E-state index in [2.05, 4.69) is 41.8 Å². The van der Waals surface area contributed by atoms with E-state index in [4.69, 9.17) is 0 Å². The van der Waals surface area contributed by atoms with Crippen LogP contribution < -0.4 is 0 Å². The standard InChI is InChI=1S/C15H18BrFN2O.C10H10BrFN2.CH4/c1-8(2)19-12-7-10(16)6-11(17)13(12)18-14(19)15(3,20)9-4-5-9;1-6(2)14-5-13-10-8(12)3-7(11)4-9(10)14;/h6-9,20H,4-5H2,1-3H3;3-6H,1-2H3;1H4. The molecule has 1 fully saturated rings.